The van der Waals surface area contributed by atoms with Crippen LogP contribution in [0.3, 0.4) is 0 Å². The summed E-state index contributed by atoms with van der Waals surface area (Å²) in [5.41, 5.74) is 1.54. The van der Waals surface area contributed by atoms with E-state index in [0.29, 0.717) is 24.0 Å². The first-order valence-corrected chi connectivity index (χ1v) is 7.74. The molecule has 3 rings (SSSR count). The first-order chi connectivity index (χ1) is 11.3. The third-order valence-electron chi connectivity index (χ3n) is 3.87. The molecule has 1 fully saturated rings. The van der Waals surface area contributed by atoms with Crippen molar-refractivity contribution >= 4 is 12.0 Å². The Kier molecular flexibility index (Phi) is 4.87. The van der Waals surface area contributed by atoms with Gasteiger partial charge < -0.3 is 19.8 Å². The van der Waals surface area contributed by atoms with Gasteiger partial charge in [0.15, 0.2) is 0 Å². The highest BCUT2D eigenvalue weighted by atomic mass is 16.5. The minimum absolute atomic E-state index is 0.158. The maximum atomic E-state index is 11.4. The first-order valence-electron chi connectivity index (χ1n) is 7.74. The van der Waals surface area contributed by atoms with Gasteiger partial charge in [-0.15, -0.1) is 5.10 Å². The van der Waals surface area contributed by atoms with Gasteiger partial charge in [0.2, 0.25) is 5.89 Å². The van der Waals surface area contributed by atoms with Gasteiger partial charge >= 0.3 is 12.0 Å². The Bertz CT molecular complexity index is 648. The Morgan fingerprint density at radius 1 is 1.35 bits per heavy atom. The van der Waals surface area contributed by atoms with E-state index in [-0.39, 0.29) is 12.0 Å². The zero-order valence-electron chi connectivity index (χ0n) is 13.0. The molecule has 2 heterocycles. The summed E-state index contributed by atoms with van der Waals surface area (Å²) in [6.45, 7) is 1.53. The summed E-state index contributed by atoms with van der Waals surface area (Å²) in [6.07, 6.45) is 3.39. The largest absolute Gasteiger partial charge is 0.465 e. The van der Waals surface area contributed by atoms with Gasteiger partial charge in [-0.1, -0.05) is 23.7 Å². The molecule has 1 atom stereocenters. The minimum atomic E-state index is -0.342. The summed E-state index contributed by atoms with van der Waals surface area (Å²) in [5.74, 6) is 0.291. The van der Waals surface area contributed by atoms with Crippen LogP contribution in [-0.2, 0) is 11.3 Å². The number of ether oxygens (including phenoxy) is 1. The van der Waals surface area contributed by atoms with Crippen LogP contribution >= 0.6 is 0 Å². The fourth-order valence-electron chi connectivity index (χ4n) is 2.56. The summed E-state index contributed by atoms with van der Waals surface area (Å²) >= 11 is 0. The molecule has 0 bridgehead atoms. The van der Waals surface area contributed by atoms with Crippen LogP contribution in [0.2, 0.25) is 0 Å². The van der Waals surface area contributed by atoms with Crippen molar-refractivity contribution in [1.82, 2.24) is 15.5 Å². The Labute approximate surface area is 134 Å². The number of esters is 1. The predicted molar refractivity (Wildman–Crippen MR) is 84.0 cm³/mol. The van der Waals surface area contributed by atoms with Gasteiger partial charge in [-0.25, -0.2) is 4.79 Å². The van der Waals surface area contributed by atoms with Crippen molar-refractivity contribution in [3.05, 3.63) is 41.3 Å². The lowest BCUT2D eigenvalue weighted by Gasteiger charge is -2.19. The number of methoxy groups -OCH3 is 1. The van der Waals surface area contributed by atoms with E-state index in [1.165, 1.54) is 20.0 Å². The molecule has 2 aromatic rings. The van der Waals surface area contributed by atoms with Crippen molar-refractivity contribution in [3.63, 3.8) is 0 Å². The molecule has 0 amide bonds. The summed E-state index contributed by atoms with van der Waals surface area (Å²) in [7, 11) is 1.37. The van der Waals surface area contributed by atoms with E-state index in [1.807, 2.05) is 12.1 Å². The third kappa shape index (κ3) is 3.87. The van der Waals surface area contributed by atoms with Gasteiger partial charge in [0.05, 0.1) is 18.7 Å². The number of anilines is 1. The molecular formula is C16H20N4O3. The number of aromatic nitrogens is 2. The molecule has 1 aromatic heterocycles. The smallest absolute Gasteiger partial charge is 0.337 e. The molecule has 1 unspecified atom stereocenters. The van der Waals surface area contributed by atoms with Crippen molar-refractivity contribution in [2.75, 3.05) is 19.0 Å². The Morgan fingerprint density at radius 2 is 2.17 bits per heavy atom. The van der Waals surface area contributed by atoms with E-state index in [0.717, 1.165) is 18.5 Å². The predicted octanol–water partition coefficient (Wildman–Crippen LogP) is 2.28. The van der Waals surface area contributed by atoms with Gasteiger partial charge in [-0.05, 0) is 37.1 Å². The van der Waals surface area contributed by atoms with Gasteiger partial charge in [-0.2, -0.15) is 0 Å². The monoisotopic (exact) mass is 316 g/mol. The van der Waals surface area contributed by atoms with Crippen LogP contribution in [0.4, 0.5) is 6.01 Å². The molecule has 23 heavy (non-hydrogen) atoms. The number of nitrogens with one attached hydrogen (secondary N) is 2. The Morgan fingerprint density at radius 3 is 2.87 bits per heavy atom. The zero-order chi connectivity index (χ0) is 16.1. The molecule has 1 aliphatic heterocycles. The maximum absolute atomic E-state index is 11.4. The summed E-state index contributed by atoms with van der Waals surface area (Å²) in [6, 6.07) is 7.75. The molecule has 0 radical (unpaired) electrons. The van der Waals surface area contributed by atoms with E-state index in [4.69, 9.17) is 4.42 Å². The van der Waals surface area contributed by atoms with Gasteiger partial charge in [0.1, 0.15) is 0 Å². The fourth-order valence-corrected chi connectivity index (χ4v) is 2.56. The average molecular weight is 316 g/mol. The SMILES string of the molecule is COC(=O)c1ccc(CNc2nnc(C3CCCCN3)o2)cc1. The van der Waals surface area contributed by atoms with Crippen LogP contribution in [0, 0.1) is 0 Å². The van der Waals surface area contributed by atoms with Gasteiger partial charge in [0, 0.05) is 6.54 Å². The molecule has 7 heteroatoms. The summed E-state index contributed by atoms with van der Waals surface area (Å²) < 4.78 is 10.3. The van der Waals surface area contributed by atoms with E-state index in [2.05, 4.69) is 25.6 Å². The molecule has 7 nitrogen and oxygen atoms in total. The highest BCUT2D eigenvalue weighted by Crippen LogP contribution is 2.23. The quantitative estimate of drug-likeness (QED) is 0.818. The van der Waals surface area contributed by atoms with Crippen molar-refractivity contribution in [3.8, 4) is 0 Å². The van der Waals surface area contributed by atoms with Gasteiger partial charge in [0.25, 0.3) is 0 Å². The lowest BCUT2D eigenvalue weighted by Crippen LogP contribution is -2.26. The standard InChI is InChI=1S/C16H20N4O3/c1-22-15(21)12-7-5-11(6-8-12)10-18-16-20-19-14(23-16)13-4-2-3-9-17-13/h5-8,13,17H,2-4,9-10H2,1H3,(H,18,20). The van der Waals surface area contributed by atoms with Crippen LogP contribution in [0.1, 0.15) is 47.1 Å². The lowest BCUT2D eigenvalue weighted by atomic mass is 10.1. The molecule has 2 N–H and O–H groups in total. The highest BCUT2D eigenvalue weighted by Gasteiger charge is 2.20. The minimum Gasteiger partial charge on any atom is -0.465 e. The third-order valence-corrected chi connectivity index (χ3v) is 3.87. The van der Waals surface area contributed by atoms with Crippen molar-refractivity contribution in [1.29, 1.82) is 0 Å². The number of hydrogen-bond acceptors (Lipinski definition) is 7. The van der Waals surface area contributed by atoms with Crippen molar-refractivity contribution in [2.24, 2.45) is 0 Å². The van der Waals surface area contributed by atoms with E-state index >= 15 is 0 Å². The number of nitrogens with zero attached hydrogens (tertiary/aromatic N) is 2. The number of rotatable bonds is 5. The molecular weight excluding hydrogens is 296 g/mol. The number of carbonyl (C=O) groups is 1. The van der Waals surface area contributed by atoms with E-state index in [1.54, 1.807) is 12.1 Å². The molecule has 0 saturated carbocycles. The van der Waals surface area contributed by atoms with Gasteiger partial charge in [-0.3, -0.25) is 0 Å². The Balaban J connectivity index is 1.56. The lowest BCUT2D eigenvalue weighted by molar-refractivity contribution is 0.0600. The zero-order valence-corrected chi connectivity index (χ0v) is 13.0. The number of carbonyl (C=O) groups excluding carboxylic acids is 1. The van der Waals surface area contributed by atoms with Crippen molar-refractivity contribution < 1.29 is 13.9 Å². The fraction of sp³-hybridized carbons (Fsp3) is 0.438. The maximum Gasteiger partial charge on any atom is 0.337 e. The van der Waals surface area contributed by atoms with Crippen LogP contribution in [0.15, 0.2) is 28.7 Å². The van der Waals surface area contributed by atoms with Crippen molar-refractivity contribution in [2.45, 2.75) is 31.8 Å². The van der Waals surface area contributed by atoms with E-state index < -0.39 is 0 Å². The second-order valence-corrected chi connectivity index (χ2v) is 5.49. The summed E-state index contributed by atoms with van der Waals surface area (Å²) in [4.78, 5) is 11.4. The Hall–Kier alpha value is -2.41. The molecule has 1 aromatic carbocycles. The normalized spacial score (nSPS) is 17.7. The number of hydrogen-bond donors (Lipinski definition) is 2. The summed E-state index contributed by atoms with van der Waals surface area (Å²) in [5, 5.41) is 14.6. The average Bonchev–Trinajstić information content (AvgIpc) is 3.09. The molecule has 0 spiro atoms. The number of benzene rings is 1. The molecule has 1 aliphatic rings. The second kappa shape index (κ2) is 7.23. The second-order valence-electron chi connectivity index (χ2n) is 5.49. The molecule has 122 valence electrons. The first kappa shape index (κ1) is 15.5. The highest BCUT2D eigenvalue weighted by molar-refractivity contribution is 5.89. The number of piperidine rings is 1. The van der Waals surface area contributed by atoms with Crippen LogP contribution in [0.25, 0.3) is 0 Å². The van der Waals surface area contributed by atoms with Crippen LogP contribution in [-0.4, -0.2) is 29.8 Å². The topological polar surface area (TPSA) is 89.3 Å². The molecule has 1 saturated heterocycles. The van der Waals surface area contributed by atoms with Crippen LogP contribution in [0.5, 0.6) is 0 Å². The molecule has 0 aliphatic carbocycles. The van der Waals surface area contributed by atoms with Crippen LogP contribution < -0.4 is 10.6 Å². The van der Waals surface area contributed by atoms with E-state index in [9.17, 15) is 4.79 Å².